The quantitative estimate of drug-likeness (QED) is 0.487. The van der Waals surface area contributed by atoms with E-state index < -0.39 is 0 Å². The van der Waals surface area contributed by atoms with Gasteiger partial charge in [-0.25, -0.2) is 0 Å². The molecule has 5 rings (SSSR count). The molecule has 0 saturated carbocycles. The zero-order chi connectivity index (χ0) is 18.4. The highest BCUT2D eigenvalue weighted by Gasteiger charge is 2.44. The molecule has 0 aromatic heterocycles. The van der Waals surface area contributed by atoms with Crippen LogP contribution in [0.2, 0.25) is 0 Å². The van der Waals surface area contributed by atoms with Gasteiger partial charge in [0.25, 0.3) is 0 Å². The number of rotatable bonds is 2. The van der Waals surface area contributed by atoms with Crippen molar-refractivity contribution >= 4 is 0 Å². The summed E-state index contributed by atoms with van der Waals surface area (Å²) in [5.41, 5.74) is 11.6. The van der Waals surface area contributed by atoms with Crippen molar-refractivity contribution in [3.05, 3.63) is 94.0 Å². The van der Waals surface area contributed by atoms with Crippen molar-refractivity contribution in [1.82, 2.24) is 0 Å². The lowest BCUT2D eigenvalue weighted by molar-refractivity contribution is 0.482. The molecule has 0 amide bonds. The van der Waals surface area contributed by atoms with Crippen LogP contribution in [0.1, 0.15) is 46.2 Å². The molecule has 0 aliphatic heterocycles. The Kier molecular flexibility index (Phi) is 3.73. The Bertz CT molecular complexity index is 1090. The Morgan fingerprint density at radius 2 is 1.70 bits per heavy atom. The number of hydrogen-bond donors (Lipinski definition) is 0. The first-order valence-electron chi connectivity index (χ1n) is 9.93. The number of benzene rings is 3. The fraction of sp³-hybridized carbons (Fsp3) is 0.259. The first-order chi connectivity index (χ1) is 13.2. The summed E-state index contributed by atoms with van der Waals surface area (Å²) in [6, 6.07) is 22.7. The smallest absolute Gasteiger partial charge is 0.0346 e. The Morgan fingerprint density at radius 1 is 0.889 bits per heavy atom. The summed E-state index contributed by atoms with van der Waals surface area (Å²) in [5.74, 6) is 6.88. The van der Waals surface area contributed by atoms with Crippen LogP contribution in [-0.2, 0) is 18.3 Å². The molecule has 27 heavy (non-hydrogen) atoms. The maximum Gasteiger partial charge on any atom is 0.0346 e. The van der Waals surface area contributed by atoms with Crippen molar-refractivity contribution in [3.63, 3.8) is 0 Å². The van der Waals surface area contributed by atoms with Crippen LogP contribution in [0, 0.1) is 25.7 Å². The molecule has 0 saturated heterocycles. The van der Waals surface area contributed by atoms with Gasteiger partial charge >= 0.3 is 0 Å². The minimum absolute atomic E-state index is 0.0362. The van der Waals surface area contributed by atoms with Gasteiger partial charge in [-0.15, -0.1) is 5.92 Å². The molecule has 0 fully saturated rings. The molecule has 3 aromatic carbocycles. The zero-order valence-electron chi connectivity index (χ0n) is 16.1. The van der Waals surface area contributed by atoms with Crippen LogP contribution in [0.4, 0.5) is 0 Å². The van der Waals surface area contributed by atoms with Crippen molar-refractivity contribution in [1.29, 1.82) is 0 Å². The van der Waals surface area contributed by atoms with Gasteiger partial charge in [0.05, 0.1) is 0 Å². The van der Waals surface area contributed by atoms with Crippen molar-refractivity contribution in [2.75, 3.05) is 0 Å². The highest BCUT2D eigenvalue weighted by Crippen LogP contribution is 2.55. The minimum atomic E-state index is 0.0362. The highest BCUT2D eigenvalue weighted by molar-refractivity contribution is 5.83. The van der Waals surface area contributed by atoms with Gasteiger partial charge < -0.3 is 0 Å². The highest BCUT2D eigenvalue weighted by atomic mass is 14.5. The van der Waals surface area contributed by atoms with Crippen LogP contribution in [0.25, 0.3) is 11.1 Å². The standard InChI is InChI=1S/C27H24/c1-19-12-14-23-24-15-13-20(2)22-11-7-4-8-16-27(26(22)24,25(23)17-19)18-21-9-5-3-6-10-21/h3,5-6,9-10,12-15,17H,8,11,16,18H2,1-2H3. The first-order valence-corrected chi connectivity index (χ1v) is 9.93. The SMILES string of the molecule is Cc1ccc2c(c1)C1(Cc3ccccc3)CCC#CCc3c(C)ccc-2c31. The molecule has 0 heterocycles. The molecular formula is C27H24. The Balaban J connectivity index is 1.84. The fourth-order valence-corrected chi connectivity index (χ4v) is 5.17. The topological polar surface area (TPSA) is 0 Å². The van der Waals surface area contributed by atoms with E-state index in [-0.39, 0.29) is 5.41 Å². The summed E-state index contributed by atoms with van der Waals surface area (Å²) in [6.45, 7) is 4.47. The van der Waals surface area contributed by atoms with E-state index in [4.69, 9.17) is 0 Å². The predicted octanol–water partition coefficient (Wildman–Crippen LogP) is 6.15. The van der Waals surface area contributed by atoms with Gasteiger partial charge in [-0.05, 0) is 65.6 Å². The van der Waals surface area contributed by atoms with Crippen LogP contribution in [-0.4, -0.2) is 0 Å². The summed E-state index contributed by atoms with van der Waals surface area (Å²) in [7, 11) is 0. The third-order valence-electron chi connectivity index (χ3n) is 6.42. The average molecular weight is 348 g/mol. The van der Waals surface area contributed by atoms with Gasteiger partial charge in [-0.1, -0.05) is 72.1 Å². The maximum atomic E-state index is 3.45. The second kappa shape index (κ2) is 6.14. The monoisotopic (exact) mass is 348 g/mol. The van der Waals surface area contributed by atoms with Crippen LogP contribution < -0.4 is 0 Å². The Hall–Kier alpha value is -2.78. The third kappa shape index (κ3) is 2.46. The summed E-state index contributed by atoms with van der Waals surface area (Å²) in [6.07, 6.45) is 3.98. The van der Waals surface area contributed by atoms with Crippen molar-refractivity contribution in [2.45, 2.75) is 44.9 Å². The van der Waals surface area contributed by atoms with E-state index in [2.05, 4.69) is 86.4 Å². The maximum absolute atomic E-state index is 3.45. The largest absolute Gasteiger partial charge is 0.103 e. The van der Waals surface area contributed by atoms with E-state index >= 15 is 0 Å². The lowest BCUT2D eigenvalue weighted by Crippen LogP contribution is -2.30. The zero-order valence-corrected chi connectivity index (χ0v) is 16.1. The van der Waals surface area contributed by atoms with Gasteiger partial charge in [0.1, 0.15) is 0 Å². The van der Waals surface area contributed by atoms with Gasteiger partial charge in [0.2, 0.25) is 0 Å². The van der Waals surface area contributed by atoms with Crippen molar-refractivity contribution in [2.24, 2.45) is 0 Å². The summed E-state index contributed by atoms with van der Waals surface area (Å²) in [4.78, 5) is 0. The Morgan fingerprint density at radius 3 is 2.56 bits per heavy atom. The normalized spacial score (nSPS) is 19.3. The van der Waals surface area contributed by atoms with E-state index in [0.29, 0.717) is 0 Å². The van der Waals surface area contributed by atoms with Crippen molar-refractivity contribution < 1.29 is 0 Å². The lowest BCUT2D eigenvalue weighted by atomic mass is 9.68. The van der Waals surface area contributed by atoms with Crippen molar-refractivity contribution in [3.8, 4) is 23.0 Å². The molecule has 2 aliphatic rings. The minimum Gasteiger partial charge on any atom is -0.103 e. The molecule has 0 bridgehead atoms. The summed E-state index contributed by atoms with van der Waals surface area (Å²) >= 11 is 0. The van der Waals surface area contributed by atoms with E-state index in [1.54, 1.807) is 5.56 Å². The molecule has 0 N–H and O–H groups in total. The summed E-state index contributed by atoms with van der Waals surface area (Å²) in [5, 5.41) is 0. The first kappa shape index (κ1) is 16.4. The number of hydrogen-bond acceptors (Lipinski definition) is 0. The van der Waals surface area contributed by atoms with Crippen LogP contribution in [0.3, 0.4) is 0 Å². The predicted molar refractivity (Wildman–Crippen MR) is 113 cm³/mol. The molecule has 0 heteroatoms. The van der Waals surface area contributed by atoms with Crippen LogP contribution >= 0.6 is 0 Å². The van der Waals surface area contributed by atoms with Crippen LogP contribution in [0.5, 0.6) is 0 Å². The van der Waals surface area contributed by atoms with Crippen LogP contribution in [0.15, 0.2) is 60.7 Å². The molecule has 1 atom stereocenters. The van der Waals surface area contributed by atoms with Gasteiger partial charge in [0, 0.05) is 18.3 Å². The molecule has 1 unspecified atom stereocenters. The number of fused-ring (bicyclic) bond motifs is 3. The summed E-state index contributed by atoms with van der Waals surface area (Å²) < 4.78 is 0. The molecule has 132 valence electrons. The second-order valence-electron chi connectivity index (χ2n) is 8.11. The molecule has 2 aliphatic carbocycles. The molecule has 3 aromatic rings. The average Bonchev–Trinajstić information content (AvgIpc) is 2.91. The second-order valence-corrected chi connectivity index (χ2v) is 8.11. The van der Waals surface area contributed by atoms with Gasteiger partial charge in [-0.3, -0.25) is 0 Å². The molecular weight excluding hydrogens is 324 g/mol. The van der Waals surface area contributed by atoms with E-state index in [0.717, 1.165) is 25.7 Å². The van der Waals surface area contributed by atoms with E-state index in [1.165, 1.54) is 38.9 Å². The lowest BCUT2D eigenvalue weighted by Gasteiger charge is -2.35. The van der Waals surface area contributed by atoms with E-state index in [9.17, 15) is 0 Å². The molecule has 0 spiro atoms. The molecule has 0 nitrogen and oxygen atoms in total. The number of aryl methyl sites for hydroxylation is 2. The third-order valence-corrected chi connectivity index (χ3v) is 6.42. The fourth-order valence-electron chi connectivity index (χ4n) is 5.17. The molecule has 0 radical (unpaired) electrons. The van der Waals surface area contributed by atoms with Gasteiger partial charge in [0.15, 0.2) is 0 Å². The van der Waals surface area contributed by atoms with E-state index in [1.807, 2.05) is 0 Å². The van der Waals surface area contributed by atoms with Gasteiger partial charge in [-0.2, -0.15) is 0 Å². The Labute approximate surface area is 162 Å².